The van der Waals surface area contributed by atoms with Gasteiger partial charge in [-0.1, -0.05) is 31.6 Å². The van der Waals surface area contributed by atoms with E-state index in [0.29, 0.717) is 25.3 Å². The number of amides is 1. The first-order valence-corrected chi connectivity index (χ1v) is 7.57. The molecule has 1 aromatic rings. The highest BCUT2D eigenvalue weighted by molar-refractivity contribution is 7.11. The van der Waals surface area contributed by atoms with Gasteiger partial charge in [-0.05, 0) is 12.8 Å². The molecule has 0 radical (unpaired) electrons. The predicted octanol–water partition coefficient (Wildman–Crippen LogP) is 1.92. The van der Waals surface area contributed by atoms with Crippen molar-refractivity contribution in [3.8, 4) is 0 Å². The summed E-state index contributed by atoms with van der Waals surface area (Å²) in [4.78, 5) is 23.0. The van der Waals surface area contributed by atoms with Gasteiger partial charge in [-0.25, -0.2) is 0 Å². The molecule has 7 heteroatoms. The molecule has 0 aliphatic heterocycles. The SMILES string of the molecule is CC(C)c1nnc(CNC(=O)CC2(C(=O)O)CCC2)s1. The van der Waals surface area contributed by atoms with Crippen molar-refractivity contribution >= 4 is 23.2 Å². The summed E-state index contributed by atoms with van der Waals surface area (Å²) < 4.78 is 0. The van der Waals surface area contributed by atoms with Crippen molar-refractivity contribution in [2.45, 2.75) is 52.0 Å². The van der Waals surface area contributed by atoms with Crippen molar-refractivity contribution < 1.29 is 14.7 Å². The maximum absolute atomic E-state index is 11.9. The first kappa shape index (κ1) is 14.9. The Kier molecular flexibility index (Phi) is 4.37. The molecular formula is C13H19N3O3S. The van der Waals surface area contributed by atoms with Gasteiger partial charge in [0.25, 0.3) is 0 Å². The normalized spacial score (nSPS) is 16.8. The van der Waals surface area contributed by atoms with E-state index in [2.05, 4.69) is 15.5 Å². The molecule has 1 fully saturated rings. The van der Waals surface area contributed by atoms with Crippen LogP contribution in [0.1, 0.15) is 55.5 Å². The zero-order chi connectivity index (χ0) is 14.8. The minimum absolute atomic E-state index is 0.0537. The van der Waals surface area contributed by atoms with Gasteiger partial charge in [-0.2, -0.15) is 0 Å². The van der Waals surface area contributed by atoms with Crippen LogP contribution in [0.4, 0.5) is 0 Å². The monoisotopic (exact) mass is 297 g/mol. The third-order valence-electron chi connectivity index (χ3n) is 3.68. The molecule has 1 heterocycles. The van der Waals surface area contributed by atoms with Crippen LogP contribution in [0.25, 0.3) is 0 Å². The van der Waals surface area contributed by atoms with Gasteiger partial charge in [0, 0.05) is 12.3 Å². The molecule has 1 aliphatic rings. The molecule has 0 saturated heterocycles. The summed E-state index contributed by atoms with van der Waals surface area (Å²) in [7, 11) is 0. The molecule has 110 valence electrons. The van der Waals surface area contributed by atoms with Gasteiger partial charge >= 0.3 is 5.97 Å². The summed E-state index contributed by atoms with van der Waals surface area (Å²) in [5.74, 6) is -0.771. The van der Waals surface area contributed by atoms with E-state index in [1.807, 2.05) is 13.8 Å². The first-order chi connectivity index (χ1) is 9.43. The van der Waals surface area contributed by atoms with E-state index in [4.69, 9.17) is 0 Å². The molecule has 0 spiro atoms. The highest BCUT2D eigenvalue weighted by atomic mass is 32.1. The van der Waals surface area contributed by atoms with Crippen LogP contribution in [0.15, 0.2) is 0 Å². The summed E-state index contributed by atoms with van der Waals surface area (Å²) in [5.41, 5.74) is -0.839. The fourth-order valence-electron chi connectivity index (χ4n) is 2.19. The molecular weight excluding hydrogens is 278 g/mol. The van der Waals surface area contributed by atoms with Crippen LogP contribution in [0, 0.1) is 5.41 Å². The van der Waals surface area contributed by atoms with E-state index in [1.54, 1.807) is 0 Å². The Hall–Kier alpha value is -1.50. The van der Waals surface area contributed by atoms with Gasteiger partial charge in [0.2, 0.25) is 5.91 Å². The van der Waals surface area contributed by atoms with Gasteiger partial charge in [0.05, 0.1) is 12.0 Å². The Labute approximate surface area is 121 Å². The van der Waals surface area contributed by atoms with Gasteiger partial charge in [0.1, 0.15) is 10.0 Å². The number of carboxylic acid groups (broad SMARTS) is 1. The third-order valence-corrected chi connectivity index (χ3v) is 4.90. The third kappa shape index (κ3) is 3.15. The molecule has 2 rings (SSSR count). The molecule has 1 saturated carbocycles. The molecule has 20 heavy (non-hydrogen) atoms. The summed E-state index contributed by atoms with van der Waals surface area (Å²) in [6.07, 6.45) is 2.12. The summed E-state index contributed by atoms with van der Waals surface area (Å²) in [6, 6.07) is 0. The number of nitrogens with zero attached hydrogens (tertiary/aromatic N) is 2. The fraction of sp³-hybridized carbons (Fsp3) is 0.692. The Morgan fingerprint density at radius 1 is 1.40 bits per heavy atom. The van der Waals surface area contributed by atoms with Crippen LogP contribution >= 0.6 is 11.3 Å². The smallest absolute Gasteiger partial charge is 0.310 e. The lowest BCUT2D eigenvalue weighted by atomic mass is 9.66. The van der Waals surface area contributed by atoms with Crippen molar-refractivity contribution in [1.82, 2.24) is 15.5 Å². The molecule has 1 aliphatic carbocycles. The molecule has 6 nitrogen and oxygen atoms in total. The van der Waals surface area contributed by atoms with E-state index in [1.165, 1.54) is 11.3 Å². The van der Waals surface area contributed by atoms with E-state index in [-0.39, 0.29) is 12.3 Å². The molecule has 2 N–H and O–H groups in total. The van der Waals surface area contributed by atoms with Gasteiger partial charge in [-0.3, -0.25) is 9.59 Å². The second-order valence-electron chi connectivity index (χ2n) is 5.58. The number of carbonyl (C=O) groups excluding carboxylic acids is 1. The minimum atomic E-state index is -0.864. The quantitative estimate of drug-likeness (QED) is 0.837. The summed E-state index contributed by atoms with van der Waals surface area (Å²) in [6.45, 7) is 4.39. The number of rotatable bonds is 6. The van der Waals surface area contributed by atoms with E-state index < -0.39 is 11.4 Å². The molecule has 1 amide bonds. The average molecular weight is 297 g/mol. The highest BCUT2D eigenvalue weighted by Crippen LogP contribution is 2.44. The standard InChI is InChI=1S/C13H19N3O3S/c1-8(2)11-16-15-10(20-11)7-14-9(17)6-13(12(18)19)4-3-5-13/h8H,3-7H2,1-2H3,(H,14,17)(H,18,19). The Morgan fingerprint density at radius 2 is 2.10 bits per heavy atom. The number of carboxylic acids is 1. The molecule has 0 atom stereocenters. The first-order valence-electron chi connectivity index (χ1n) is 6.75. The maximum atomic E-state index is 11.9. The molecule has 1 aromatic heterocycles. The van der Waals surface area contributed by atoms with E-state index >= 15 is 0 Å². The maximum Gasteiger partial charge on any atom is 0.310 e. The number of nitrogens with one attached hydrogen (secondary N) is 1. The topological polar surface area (TPSA) is 92.2 Å². The molecule has 0 bridgehead atoms. The molecule has 0 unspecified atom stereocenters. The summed E-state index contributed by atoms with van der Waals surface area (Å²) in [5, 5.41) is 21.7. The Balaban J connectivity index is 1.84. The minimum Gasteiger partial charge on any atom is -0.481 e. The number of hydrogen-bond acceptors (Lipinski definition) is 5. The largest absolute Gasteiger partial charge is 0.481 e. The Morgan fingerprint density at radius 3 is 2.55 bits per heavy atom. The van der Waals surface area contributed by atoms with Crippen LogP contribution in [-0.2, 0) is 16.1 Å². The van der Waals surface area contributed by atoms with Crippen molar-refractivity contribution in [1.29, 1.82) is 0 Å². The average Bonchev–Trinajstić information content (AvgIpc) is 2.79. The lowest BCUT2D eigenvalue weighted by molar-refractivity contribution is -0.157. The number of hydrogen-bond donors (Lipinski definition) is 2. The predicted molar refractivity (Wildman–Crippen MR) is 74.4 cm³/mol. The van der Waals surface area contributed by atoms with Gasteiger partial charge in [0.15, 0.2) is 0 Å². The zero-order valence-electron chi connectivity index (χ0n) is 11.7. The number of aromatic nitrogens is 2. The lowest BCUT2D eigenvalue weighted by Crippen LogP contribution is -2.42. The van der Waals surface area contributed by atoms with Crippen LogP contribution < -0.4 is 5.32 Å². The fourth-order valence-corrected chi connectivity index (χ4v) is 2.97. The van der Waals surface area contributed by atoms with Crippen molar-refractivity contribution in [3.05, 3.63) is 10.0 Å². The van der Waals surface area contributed by atoms with Crippen LogP contribution in [0.5, 0.6) is 0 Å². The second kappa shape index (κ2) is 5.87. The zero-order valence-corrected chi connectivity index (χ0v) is 12.5. The van der Waals surface area contributed by atoms with E-state index in [0.717, 1.165) is 16.4 Å². The van der Waals surface area contributed by atoms with Crippen molar-refractivity contribution in [2.75, 3.05) is 0 Å². The van der Waals surface area contributed by atoms with Gasteiger partial charge in [-0.15, -0.1) is 10.2 Å². The van der Waals surface area contributed by atoms with Crippen molar-refractivity contribution in [2.24, 2.45) is 5.41 Å². The van der Waals surface area contributed by atoms with Crippen molar-refractivity contribution in [3.63, 3.8) is 0 Å². The number of carbonyl (C=O) groups is 2. The Bertz CT molecular complexity index is 509. The highest BCUT2D eigenvalue weighted by Gasteiger charge is 2.45. The van der Waals surface area contributed by atoms with Crippen LogP contribution in [0.3, 0.4) is 0 Å². The molecule has 0 aromatic carbocycles. The van der Waals surface area contributed by atoms with Crippen LogP contribution in [-0.4, -0.2) is 27.2 Å². The van der Waals surface area contributed by atoms with Crippen LogP contribution in [0.2, 0.25) is 0 Å². The van der Waals surface area contributed by atoms with Gasteiger partial charge < -0.3 is 10.4 Å². The second-order valence-corrected chi connectivity index (χ2v) is 6.67. The van der Waals surface area contributed by atoms with E-state index in [9.17, 15) is 14.7 Å². The lowest BCUT2D eigenvalue weighted by Gasteiger charge is -2.36. The number of aliphatic carboxylic acids is 1. The summed E-state index contributed by atoms with van der Waals surface area (Å²) >= 11 is 1.47.